The molecule has 1 heterocycles. The van der Waals surface area contributed by atoms with Crippen molar-refractivity contribution < 1.29 is 9.13 Å². The van der Waals surface area contributed by atoms with E-state index in [1.807, 2.05) is 13.0 Å². The van der Waals surface area contributed by atoms with Gasteiger partial charge in [-0.05, 0) is 36.8 Å². The van der Waals surface area contributed by atoms with Gasteiger partial charge in [0.1, 0.15) is 5.82 Å². The molecule has 88 valence electrons. The Labute approximate surface area is 99.1 Å². The zero-order valence-corrected chi connectivity index (χ0v) is 9.70. The number of methoxy groups -OCH3 is 1. The molecule has 0 fully saturated rings. The summed E-state index contributed by atoms with van der Waals surface area (Å²) >= 11 is 0. The van der Waals surface area contributed by atoms with Crippen molar-refractivity contribution in [1.82, 2.24) is 4.98 Å². The van der Waals surface area contributed by atoms with E-state index in [0.29, 0.717) is 5.82 Å². The summed E-state index contributed by atoms with van der Waals surface area (Å²) in [6, 6.07) is 8.35. The molecule has 0 radical (unpaired) electrons. The van der Waals surface area contributed by atoms with Gasteiger partial charge in [0.25, 0.3) is 0 Å². The Morgan fingerprint density at radius 1 is 1.24 bits per heavy atom. The van der Waals surface area contributed by atoms with Crippen LogP contribution in [0.25, 0.3) is 11.1 Å². The van der Waals surface area contributed by atoms with Crippen molar-refractivity contribution in [3.05, 3.63) is 41.8 Å². The molecule has 3 nitrogen and oxygen atoms in total. The Hall–Kier alpha value is -2.10. The van der Waals surface area contributed by atoms with Gasteiger partial charge in [-0.1, -0.05) is 6.07 Å². The molecule has 0 unspecified atom stereocenters. The summed E-state index contributed by atoms with van der Waals surface area (Å²) in [6.45, 7) is 1.84. The lowest BCUT2D eigenvalue weighted by Crippen LogP contribution is -1.95. The average molecular weight is 232 g/mol. The fourth-order valence-electron chi connectivity index (χ4n) is 1.72. The molecule has 0 atom stereocenters. The van der Waals surface area contributed by atoms with E-state index in [4.69, 9.17) is 10.5 Å². The van der Waals surface area contributed by atoms with E-state index in [-0.39, 0.29) is 11.6 Å². The van der Waals surface area contributed by atoms with Crippen LogP contribution in [0.5, 0.6) is 5.75 Å². The minimum Gasteiger partial charge on any atom is -0.494 e. The van der Waals surface area contributed by atoms with E-state index >= 15 is 0 Å². The molecule has 17 heavy (non-hydrogen) atoms. The van der Waals surface area contributed by atoms with E-state index < -0.39 is 0 Å². The number of halogens is 1. The van der Waals surface area contributed by atoms with Gasteiger partial charge in [-0.3, -0.25) is 0 Å². The lowest BCUT2D eigenvalue weighted by atomic mass is 10.0. The number of hydrogen-bond donors (Lipinski definition) is 1. The molecule has 0 aliphatic rings. The van der Waals surface area contributed by atoms with Crippen molar-refractivity contribution in [1.29, 1.82) is 0 Å². The number of hydrogen-bond acceptors (Lipinski definition) is 3. The molecule has 2 aromatic rings. The molecule has 1 aromatic carbocycles. The average Bonchev–Trinajstić information content (AvgIpc) is 2.29. The third-order valence-electron chi connectivity index (χ3n) is 2.57. The Kier molecular flexibility index (Phi) is 2.95. The normalized spacial score (nSPS) is 10.3. The first kappa shape index (κ1) is 11.4. The third kappa shape index (κ3) is 2.20. The molecule has 1 aromatic heterocycles. The number of nitrogen functional groups attached to an aromatic ring is 1. The monoisotopic (exact) mass is 232 g/mol. The number of anilines is 1. The topological polar surface area (TPSA) is 48.1 Å². The highest BCUT2D eigenvalue weighted by molar-refractivity contribution is 5.67. The van der Waals surface area contributed by atoms with Gasteiger partial charge in [0.05, 0.1) is 7.11 Å². The molecule has 4 heteroatoms. The smallest absolute Gasteiger partial charge is 0.165 e. The second-order valence-corrected chi connectivity index (χ2v) is 3.72. The maximum Gasteiger partial charge on any atom is 0.165 e. The van der Waals surface area contributed by atoms with Crippen LogP contribution in [0.1, 0.15) is 5.69 Å². The third-order valence-corrected chi connectivity index (χ3v) is 2.57. The number of ether oxygens (including phenoxy) is 1. The molecule has 0 spiro atoms. The van der Waals surface area contributed by atoms with E-state index in [1.54, 1.807) is 18.2 Å². The zero-order chi connectivity index (χ0) is 12.4. The summed E-state index contributed by atoms with van der Waals surface area (Å²) in [7, 11) is 1.44. The number of nitrogens with two attached hydrogens (primary N) is 1. The van der Waals surface area contributed by atoms with Crippen LogP contribution in [0.3, 0.4) is 0 Å². The van der Waals surface area contributed by atoms with Crippen LogP contribution in [0.4, 0.5) is 10.2 Å². The molecule has 0 saturated heterocycles. The van der Waals surface area contributed by atoms with Crippen molar-refractivity contribution in [3.8, 4) is 16.9 Å². The van der Waals surface area contributed by atoms with Crippen molar-refractivity contribution in [3.63, 3.8) is 0 Å². The molecule has 0 amide bonds. The fraction of sp³-hybridized carbons (Fsp3) is 0.154. The van der Waals surface area contributed by atoms with E-state index in [0.717, 1.165) is 16.8 Å². The highest BCUT2D eigenvalue weighted by atomic mass is 19.1. The van der Waals surface area contributed by atoms with Crippen molar-refractivity contribution in [2.24, 2.45) is 0 Å². The number of nitrogens with zero attached hydrogens (tertiary/aromatic N) is 1. The lowest BCUT2D eigenvalue weighted by Gasteiger charge is -2.08. The Bertz CT molecular complexity index is 555. The second kappa shape index (κ2) is 4.41. The van der Waals surface area contributed by atoms with Crippen LogP contribution in [0.15, 0.2) is 30.3 Å². The Balaban J connectivity index is 2.50. The van der Waals surface area contributed by atoms with Gasteiger partial charge in [-0.2, -0.15) is 0 Å². The number of rotatable bonds is 2. The summed E-state index contributed by atoms with van der Waals surface area (Å²) in [5, 5.41) is 0. The van der Waals surface area contributed by atoms with Gasteiger partial charge in [0.15, 0.2) is 11.6 Å². The summed E-state index contributed by atoms with van der Waals surface area (Å²) in [4.78, 5) is 4.15. The SMILES string of the molecule is COc1ccc(-c2ccc(N)nc2C)cc1F. The first-order chi connectivity index (χ1) is 8.11. The molecule has 0 saturated carbocycles. The van der Waals surface area contributed by atoms with Gasteiger partial charge < -0.3 is 10.5 Å². The lowest BCUT2D eigenvalue weighted by molar-refractivity contribution is 0.386. The maximum atomic E-state index is 13.6. The number of aromatic nitrogens is 1. The predicted molar refractivity (Wildman–Crippen MR) is 65.3 cm³/mol. The Morgan fingerprint density at radius 2 is 2.00 bits per heavy atom. The standard InChI is InChI=1S/C13H13FN2O/c1-8-10(4-6-13(15)16-8)9-3-5-12(17-2)11(14)7-9/h3-7H,1-2H3,(H2,15,16). The van der Waals surface area contributed by atoms with Crippen LogP contribution >= 0.6 is 0 Å². The van der Waals surface area contributed by atoms with Gasteiger partial charge in [-0.15, -0.1) is 0 Å². The van der Waals surface area contributed by atoms with Crippen LogP contribution in [-0.2, 0) is 0 Å². The second-order valence-electron chi connectivity index (χ2n) is 3.72. The highest BCUT2D eigenvalue weighted by Gasteiger charge is 2.07. The van der Waals surface area contributed by atoms with Gasteiger partial charge >= 0.3 is 0 Å². The molecule has 2 N–H and O–H groups in total. The summed E-state index contributed by atoms with van der Waals surface area (Å²) < 4.78 is 18.5. The molecular formula is C13H13FN2O. The zero-order valence-electron chi connectivity index (χ0n) is 9.70. The minimum absolute atomic E-state index is 0.231. The van der Waals surface area contributed by atoms with Crippen LogP contribution in [0, 0.1) is 12.7 Å². The number of benzene rings is 1. The predicted octanol–water partition coefficient (Wildman–Crippen LogP) is 2.79. The quantitative estimate of drug-likeness (QED) is 0.866. The first-order valence-electron chi connectivity index (χ1n) is 5.19. The van der Waals surface area contributed by atoms with E-state index in [9.17, 15) is 4.39 Å². The highest BCUT2D eigenvalue weighted by Crippen LogP contribution is 2.27. The van der Waals surface area contributed by atoms with E-state index in [2.05, 4.69) is 4.98 Å². The van der Waals surface area contributed by atoms with E-state index in [1.165, 1.54) is 13.2 Å². The summed E-state index contributed by atoms with van der Waals surface area (Å²) in [6.07, 6.45) is 0. The van der Waals surface area contributed by atoms with Crippen molar-refractivity contribution >= 4 is 5.82 Å². The summed E-state index contributed by atoms with van der Waals surface area (Å²) in [5.41, 5.74) is 7.97. The summed E-state index contributed by atoms with van der Waals surface area (Å²) in [5.74, 6) is 0.302. The molecule has 0 bridgehead atoms. The van der Waals surface area contributed by atoms with Crippen LogP contribution < -0.4 is 10.5 Å². The maximum absolute atomic E-state index is 13.6. The van der Waals surface area contributed by atoms with Gasteiger partial charge in [0.2, 0.25) is 0 Å². The largest absolute Gasteiger partial charge is 0.494 e. The number of aryl methyl sites for hydroxylation is 1. The van der Waals surface area contributed by atoms with Gasteiger partial charge in [0, 0.05) is 11.3 Å². The number of pyridine rings is 1. The van der Waals surface area contributed by atoms with Crippen LogP contribution in [-0.4, -0.2) is 12.1 Å². The first-order valence-corrected chi connectivity index (χ1v) is 5.19. The Morgan fingerprint density at radius 3 is 2.59 bits per heavy atom. The van der Waals surface area contributed by atoms with Gasteiger partial charge in [-0.25, -0.2) is 9.37 Å². The molecule has 0 aliphatic carbocycles. The van der Waals surface area contributed by atoms with Crippen molar-refractivity contribution in [2.75, 3.05) is 12.8 Å². The molecular weight excluding hydrogens is 219 g/mol. The van der Waals surface area contributed by atoms with Crippen molar-refractivity contribution in [2.45, 2.75) is 6.92 Å². The minimum atomic E-state index is -0.388. The van der Waals surface area contributed by atoms with Crippen LogP contribution in [0.2, 0.25) is 0 Å². The molecule has 0 aliphatic heterocycles. The fourth-order valence-corrected chi connectivity index (χ4v) is 1.72. The molecule has 2 rings (SSSR count).